The lowest BCUT2D eigenvalue weighted by molar-refractivity contribution is -0.109. The van der Waals surface area contributed by atoms with E-state index in [9.17, 15) is 19.8 Å². The summed E-state index contributed by atoms with van der Waals surface area (Å²) in [5, 5.41) is 20.9. The third kappa shape index (κ3) is 5.07. The highest BCUT2D eigenvalue weighted by Gasteiger charge is 2.22. The minimum Gasteiger partial charge on any atom is -0.443 e. The zero-order valence-corrected chi connectivity index (χ0v) is 15.5. The molecule has 1 aromatic carbocycles. The van der Waals surface area contributed by atoms with E-state index in [1.807, 2.05) is 0 Å². The topological polar surface area (TPSA) is 88.8 Å². The Morgan fingerprint density at radius 3 is 2.52 bits per heavy atom. The molecule has 6 nitrogen and oxygen atoms in total. The smallest absolute Gasteiger partial charge is 0.418 e. The highest BCUT2D eigenvalue weighted by atomic mass is 32.2. The minimum atomic E-state index is -1.11. The molecule has 25 heavy (non-hydrogen) atoms. The Labute approximate surface area is 150 Å². The fraction of sp³-hybridized carbons (Fsp3) is 0.444. The van der Waals surface area contributed by atoms with Crippen LogP contribution in [0.4, 0.5) is 4.79 Å². The molecule has 0 saturated carbocycles. The van der Waals surface area contributed by atoms with Gasteiger partial charge in [-0.3, -0.25) is 9.36 Å². The Morgan fingerprint density at radius 2 is 1.92 bits per heavy atom. The molecule has 0 bridgehead atoms. The maximum absolute atomic E-state index is 12.2. The zero-order valence-electron chi connectivity index (χ0n) is 14.7. The van der Waals surface area contributed by atoms with Crippen LogP contribution in [0.15, 0.2) is 30.5 Å². The van der Waals surface area contributed by atoms with Gasteiger partial charge in [-0.1, -0.05) is 17.8 Å². The number of aromatic nitrogens is 1. The van der Waals surface area contributed by atoms with Crippen molar-refractivity contribution in [1.82, 2.24) is 4.57 Å². The molecule has 136 valence electrons. The van der Waals surface area contributed by atoms with Gasteiger partial charge in [0, 0.05) is 24.3 Å². The van der Waals surface area contributed by atoms with Gasteiger partial charge in [-0.25, -0.2) is 4.79 Å². The quantitative estimate of drug-likeness (QED) is 0.865. The summed E-state index contributed by atoms with van der Waals surface area (Å²) >= 11 is 0.965. The number of carbonyl (C=O) groups excluding carboxylic acids is 2. The molecule has 0 aliphatic rings. The van der Waals surface area contributed by atoms with Crippen molar-refractivity contribution in [3.05, 3.63) is 36.0 Å². The third-order valence-corrected chi connectivity index (χ3v) is 4.38. The molecule has 0 aliphatic heterocycles. The second-order valence-corrected chi connectivity index (χ2v) is 8.00. The van der Waals surface area contributed by atoms with Gasteiger partial charge in [0.05, 0.1) is 11.6 Å². The Kier molecular flexibility index (Phi) is 5.92. The number of fused-ring (bicyclic) bond motifs is 1. The van der Waals surface area contributed by atoms with Crippen molar-refractivity contribution in [2.45, 2.75) is 45.5 Å². The van der Waals surface area contributed by atoms with E-state index in [2.05, 4.69) is 0 Å². The molecule has 0 radical (unpaired) electrons. The van der Waals surface area contributed by atoms with Gasteiger partial charge >= 0.3 is 6.09 Å². The summed E-state index contributed by atoms with van der Waals surface area (Å²) in [5.41, 5.74) is 0.575. The molecular formula is C18H23NO5S. The van der Waals surface area contributed by atoms with E-state index in [4.69, 9.17) is 4.74 Å². The summed E-state index contributed by atoms with van der Waals surface area (Å²) < 4.78 is 6.76. The Balaban J connectivity index is 2.21. The van der Waals surface area contributed by atoms with Gasteiger partial charge in [0.15, 0.2) is 5.12 Å². The van der Waals surface area contributed by atoms with E-state index in [1.165, 1.54) is 11.5 Å². The maximum Gasteiger partial charge on any atom is 0.418 e. The van der Waals surface area contributed by atoms with Crippen LogP contribution in [0.3, 0.4) is 0 Å². The number of benzene rings is 1. The molecule has 1 aromatic heterocycles. The summed E-state index contributed by atoms with van der Waals surface area (Å²) in [5.74, 6) is 0.119. The number of ether oxygens (including phenoxy) is 1. The van der Waals surface area contributed by atoms with Crippen LogP contribution >= 0.6 is 11.8 Å². The first-order valence-corrected chi connectivity index (χ1v) is 8.91. The fourth-order valence-electron chi connectivity index (χ4n) is 2.33. The van der Waals surface area contributed by atoms with Crippen LogP contribution < -0.4 is 0 Å². The summed E-state index contributed by atoms with van der Waals surface area (Å²) in [6.07, 6.45) is -1.04. The maximum atomic E-state index is 12.2. The highest BCUT2D eigenvalue weighted by Crippen LogP contribution is 2.25. The lowest BCUT2D eigenvalue weighted by Gasteiger charge is -2.20. The Morgan fingerprint density at radius 1 is 1.24 bits per heavy atom. The van der Waals surface area contributed by atoms with E-state index < -0.39 is 23.9 Å². The van der Waals surface area contributed by atoms with Crippen molar-refractivity contribution in [2.75, 3.05) is 5.75 Å². The summed E-state index contributed by atoms with van der Waals surface area (Å²) in [7, 11) is 0. The molecule has 0 amide bonds. The van der Waals surface area contributed by atoms with E-state index in [0.29, 0.717) is 11.1 Å². The average Bonchev–Trinajstić information content (AvgIpc) is 2.93. The molecule has 2 aromatic rings. The van der Waals surface area contributed by atoms with Crippen LogP contribution in [0.2, 0.25) is 0 Å². The standard InChI is InChI=1S/C18H23NO5S/c1-11(20)25-10-15(21)16(22)13-5-6-14-12(9-13)7-8-19(14)17(23)24-18(2,3)4/h5-9,15-16,21-22H,10H2,1-4H3. The lowest BCUT2D eigenvalue weighted by atomic mass is 10.0. The average molecular weight is 365 g/mol. The molecule has 2 N–H and O–H groups in total. The molecule has 2 atom stereocenters. The van der Waals surface area contributed by atoms with E-state index in [0.717, 1.165) is 17.1 Å². The predicted molar refractivity (Wildman–Crippen MR) is 97.7 cm³/mol. The van der Waals surface area contributed by atoms with Crippen molar-refractivity contribution in [2.24, 2.45) is 0 Å². The first-order chi connectivity index (χ1) is 11.6. The second kappa shape index (κ2) is 7.59. The molecular weight excluding hydrogens is 342 g/mol. The van der Waals surface area contributed by atoms with Gasteiger partial charge in [0.2, 0.25) is 0 Å². The first-order valence-electron chi connectivity index (χ1n) is 7.92. The summed E-state index contributed by atoms with van der Waals surface area (Å²) in [4.78, 5) is 23.2. The lowest BCUT2D eigenvalue weighted by Crippen LogP contribution is -2.26. The van der Waals surface area contributed by atoms with E-state index >= 15 is 0 Å². The molecule has 2 unspecified atom stereocenters. The molecule has 0 saturated heterocycles. The van der Waals surface area contributed by atoms with Crippen LogP contribution in [-0.4, -0.2) is 43.4 Å². The van der Waals surface area contributed by atoms with Crippen LogP contribution in [0.5, 0.6) is 0 Å². The van der Waals surface area contributed by atoms with Crippen molar-refractivity contribution in [1.29, 1.82) is 0 Å². The Hall–Kier alpha value is -1.83. The van der Waals surface area contributed by atoms with Gasteiger partial charge in [-0.15, -0.1) is 0 Å². The molecule has 0 aliphatic carbocycles. The second-order valence-electron chi connectivity index (χ2n) is 6.80. The number of hydrogen-bond acceptors (Lipinski definition) is 6. The summed E-state index contributed by atoms with van der Waals surface area (Å²) in [6.45, 7) is 6.80. The number of rotatable bonds is 4. The number of aliphatic hydroxyl groups is 2. The van der Waals surface area contributed by atoms with Crippen molar-refractivity contribution in [3.8, 4) is 0 Å². The van der Waals surface area contributed by atoms with Gasteiger partial charge in [-0.05, 0) is 44.5 Å². The van der Waals surface area contributed by atoms with Crippen molar-refractivity contribution < 1.29 is 24.5 Å². The fourth-order valence-corrected chi connectivity index (χ4v) is 2.92. The van der Waals surface area contributed by atoms with Crippen LogP contribution in [0.1, 0.15) is 39.4 Å². The SMILES string of the molecule is CC(=O)SCC(O)C(O)c1ccc2c(ccn2C(=O)OC(C)(C)C)c1. The number of carbonyl (C=O) groups is 2. The van der Waals surface area contributed by atoms with Gasteiger partial charge < -0.3 is 14.9 Å². The van der Waals surface area contributed by atoms with Gasteiger partial charge in [0.1, 0.15) is 11.7 Å². The normalized spacial score (nSPS) is 14.3. The molecule has 1 heterocycles. The van der Waals surface area contributed by atoms with Crippen molar-refractivity contribution in [3.63, 3.8) is 0 Å². The van der Waals surface area contributed by atoms with Crippen LogP contribution in [0, 0.1) is 0 Å². The van der Waals surface area contributed by atoms with Crippen LogP contribution in [0.25, 0.3) is 10.9 Å². The third-order valence-electron chi connectivity index (χ3n) is 3.47. The largest absolute Gasteiger partial charge is 0.443 e. The predicted octanol–water partition coefficient (Wildman–Crippen LogP) is 3.10. The monoisotopic (exact) mass is 365 g/mol. The minimum absolute atomic E-state index is 0.115. The van der Waals surface area contributed by atoms with E-state index in [-0.39, 0.29) is 10.9 Å². The zero-order chi connectivity index (χ0) is 18.8. The van der Waals surface area contributed by atoms with Crippen LogP contribution in [-0.2, 0) is 9.53 Å². The first kappa shape index (κ1) is 19.5. The van der Waals surface area contributed by atoms with E-state index in [1.54, 1.807) is 51.2 Å². The molecule has 7 heteroatoms. The summed E-state index contributed by atoms with van der Waals surface area (Å²) in [6, 6.07) is 6.80. The number of aliphatic hydroxyl groups excluding tert-OH is 2. The highest BCUT2D eigenvalue weighted by molar-refractivity contribution is 8.13. The molecule has 0 fully saturated rings. The van der Waals surface area contributed by atoms with Gasteiger partial charge in [0.25, 0.3) is 0 Å². The number of nitrogens with zero attached hydrogens (tertiary/aromatic N) is 1. The van der Waals surface area contributed by atoms with Gasteiger partial charge in [-0.2, -0.15) is 0 Å². The Bertz CT molecular complexity index is 777. The molecule has 2 rings (SSSR count). The molecule has 0 spiro atoms. The number of hydrogen-bond donors (Lipinski definition) is 2. The number of thioether (sulfide) groups is 1. The van der Waals surface area contributed by atoms with Crippen molar-refractivity contribution >= 4 is 33.9 Å².